The number of fused-ring (bicyclic) bond motifs is 1. The Hall–Kier alpha value is -3.46. The van der Waals surface area contributed by atoms with Gasteiger partial charge in [0.2, 0.25) is 11.8 Å². The molecule has 3 N–H and O–H groups in total. The molecular formula is C25H25ClF2N4O3. The topological polar surface area (TPSA) is 95.7 Å². The summed E-state index contributed by atoms with van der Waals surface area (Å²) in [4.78, 5) is 40.1. The number of anilines is 2. The van der Waals surface area contributed by atoms with E-state index >= 15 is 8.78 Å². The van der Waals surface area contributed by atoms with E-state index in [0.29, 0.717) is 0 Å². The molecule has 4 rings (SSSR count). The van der Waals surface area contributed by atoms with Crippen molar-refractivity contribution in [1.29, 1.82) is 0 Å². The van der Waals surface area contributed by atoms with Crippen LogP contribution in [-0.4, -0.2) is 49.8 Å². The molecule has 1 fully saturated rings. The Morgan fingerprint density at radius 1 is 1.09 bits per heavy atom. The molecule has 7 nitrogen and oxygen atoms in total. The maximum absolute atomic E-state index is 15.2. The lowest BCUT2D eigenvalue weighted by atomic mass is 9.97. The van der Waals surface area contributed by atoms with Gasteiger partial charge < -0.3 is 20.9 Å². The highest BCUT2D eigenvalue weighted by Gasteiger charge is 2.41. The number of carbonyl (C=O) groups is 3. The van der Waals surface area contributed by atoms with Crippen LogP contribution in [-0.2, 0) is 9.59 Å². The summed E-state index contributed by atoms with van der Waals surface area (Å²) in [6.07, 6.45) is 2.24. The van der Waals surface area contributed by atoms with E-state index in [1.165, 1.54) is 11.0 Å². The fourth-order valence-electron chi connectivity index (χ4n) is 4.39. The highest BCUT2D eigenvalue weighted by molar-refractivity contribution is 6.35. The van der Waals surface area contributed by atoms with Crippen LogP contribution in [0.15, 0.2) is 48.5 Å². The Kier molecular flexibility index (Phi) is 7.07. The lowest BCUT2D eigenvalue weighted by Gasteiger charge is -2.24. The highest BCUT2D eigenvalue weighted by atomic mass is 35.5. The lowest BCUT2D eigenvalue weighted by molar-refractivity contribution is -0.122. The van der Waals surface area contributed by atoms with Gasteiger partial charge in [-0.1, -0.05) is 29.8 Å². The van der Waals surface area contributed by atoms with Crippen molar-refractivity contribution in [3.05, 3.63) is 64.7 Å². The Balaban J connectivity index is 1.69. The molecule has 0 unspecified atom stereocenters. The van der Waals surface area contributed by atoms with Crippen LogP contribution in [0.5, 0.6) is 0 Å². The van der Waals surface area contributed by atoms with E-state index < -0.39 is 42.2 Å². The minimum atomic E-state index is -3.40. The molecule has 10 heteroatoms. The zero-order valence-corrected chi connectivity index (χ0v) is 19.7. The quantitative estimate of drug-likeness (QED) is 0.610. The number of amides is 3. The molecule has 1 saturated heterocycles. The largest absolute Gasteiger partial charge is 0.371 e. The van der Waals surface area contributed by atoms with Gasteiger partial charge in [-0.15, -0.1) is 0 Å². The van der Waals surface area contributed by atoms with Gasteiger partial charge in [-0.2, -0.15) is 0 Å². The number of hydrogen-bond donors (Lipinski definition) is 2. The number of allylic oxidation sites excluding steroid dienone is 1. The standard InChI is InChI=1S/C25H25ClF2N4O3/c26-20-13-16(31-10-3-4-11-31)7-8-18(20)24(35)32-12-9-25(27,28)19(14-23(34)30-15-22(29)33)17-5-1-2-6-21(17)32/h1-2,5-8,13-14H,3-4,9-12,15H2,(H2,29,33)(H,30,34). The number of primary amides is 1. The van der Waals surface area contributed by atoms with Crippen LogP contribution in [0.1, 0.15) is 35.2 Å². The first-order chi connectivity index (χ1) is 16.7. The Morgan fingerprint density at radius 2 is 1.80 bits per heavy atom. The summed E-state index contributed by atoms with van der Waals surface area (Å²) in [5, 5.41) is 2.43. The van der Waals surface area contributed by atoms with Crippen molar-refractivity contribution in [3.8, 4) is 0 Å². The first-order valence-corrected chi connectivity index (χ1v) is 11.7. The minimum Gasteiger partial charge on any atom is -0.371 e. The Labute approximate surface area is 206 Å². The summed E-state index contributed by atoms with van der Waals surface area (Å²) >= 11 is 6.48. The van der Waals surface area contributed by atoms with Crippen molar-refractivity contribution in [1.82, 2.24) is 5.32 Å². The average molecular weight is 503 g/mol. The molecule has 2 aromatic carbocycles. The van der Waals surface area contributed by atoms with Crippen molar-refractivity contribution in [2.75, 3.05) is 36.0 Å². The molecule has 0 radical (unpaired) electrons. The van der Waals surface area contributed by atoms with Gasteiger partial charge in [0.25, 0.3) is 11.8 Å². The van der Waals surface area contributed by atoms with Crippen LogP contribution in [0.25, 0.3) is 5.57 Å². The molecule has 2 aromatic rings. The molecule has 3 amide bonds. The number of halogens is 3. The van der Waals surface area contributed by atoms with Crippen molar-refractivity contribution >= 4 is 46.3 Å². The summed E-state index contributed by atoms with van der Waals surface area (Å²) < 4.78 is 30.4. The van der Waals surface area contributed by atoms with Crippen molar-refractivity contribution < 1.29 is 23.2 Å². The third-order valence-electron chi connectivity index (χ3n) is 6.14. The molecule has 2 heterocycles. The van der Waals surface area contributed by atoms with Gasteiger partial charge in [0.15, 0.2) is 0 Å². The van der Waals surface area contributed by atoms with E-state index in [1.807, 2.05) is 6.07 Å². The van der Waals surface area contributed by atoms with E-state index in [2.05, 4.69) is 10.2 Å². The van der Waals surface area contributed by atoms with Crippen molar-refractivity contribution in [2.24, 2.45) is 5.73 Å². The monoisotopic (exact) mass is 502 g/mol. The Morgan fingerprint density at radius 3 is 2.49 bits per heavy atom. The molecule has 0 aromatic heterocycles. The van der Waals surface area contributed by atoms with Crippen LogP contribution in [0.4, 0.5) is 20.2 Å². The van der Waals surface area contributed by atoms with Gasteiger partial charge in [-0.25, -0.2) is 8.78 Å². The second-order valence-corrected chi connectivity index (χ2v) is 8.94. The van der Waals surface area contributed by atoms with Crippen molar-refractivity contribution in [2.45, 2.75) is 25.2 Å². The predicted octanol–water partition coefficient (Wildman–Crippen LogP) is 3.61. The first kappa shape index (κ1) is 24.7. The summed E-state index contributed by atoms with van der Waals surface area (Å²) in [5.74, 6) is -5.59. The normalized spacial score (nSPS) is 18.2. The number of nitrogens with zero attached hydrogens (tertiary/aromatic N) is 2. The molecule has 184 valence electrons. The fourth-order valence-corrected chi connectivity index (χ4v) is 4.64. The molecule has 35 heavy (non-hydrogen) atoms. The van der Waals surface area contributed by atoms with Gasteiger partial charge in [0, 0.05) is 49.0 Å². The van der Waals surface area contributed by atoms with E-state index in [-0.39, 0.29) is 28.4 Å². The molecular weight excluding hydrogens is 478 g/mol. The van der Waals surface area contributed by atoms with Crippen LogP contribution in [0.3, 0.4) is 0 Å². The van der Waals surface area contributed by atoms with Crippen LogP contribution < -0.4 is 20.9 Å². The zero-order chi connectivity index (χ0) is 25.2. The number of nitrogens with one attached hydrogen (secondary N) is 1. The molecule has 0 aliphatic carbocycles. The van der Waals surface area contributed by atoms with Gasteiger partial charge in [-0.05, 0) is 37.1 Å². The summed E-state index contributed by atoms with van der Waals surface area (Å²) in [5.41, 5.74) is 5.88. The third-order valence-corrected chi connectivity index (χ3v) is 6.45. The second-order valence-electron chi connectivity index (χ2n) is 8.53. The summed E-state index contributed by atoms with van der Waals surface area (Å²) in [6.45, 7) is 1.07. The molecule has 2 aliphatic rings. The molecule has 0 saturated carbocycles. The number of benzene rings is 2. The number of rotatable bonds is 5. The highest BCUT2D eigenvalue weighted by Crippen LogP contribution is 2.43. The zero-order valence-electron chi connectivity index (χ0n) is 18.9. The van der Waals surface area contributed by atoms with Gasteiger partial charge in [-0.3, -0.25) is 14.4 Å². The van der Waals surface area contributed by atoms with E-state index in [9.17, 15) is 14.4 Å². The van der Waals surface area contributed by atoms with Crippen LogP contribution >= 0.6 is 11.6 Å². The third kappa shape index (κ3) is 5.30. The van der Waals surface area contributed by atoms with Crippen molar-refractivity contribution in [3.63, 3.8) is 0 Å². The van der Waals surface area contributed by atoms with E-state index in [1.54, 1.807) is 30.3 Å². The van der Waals surface area contributed by atoms with Gasteiger partial charge >= 0.3 is 0 Å². The van der Waals surface area contributed by atoms with Gasteiger partial charge in [0.05, 0.1) is 22.8 Å². The lowest BCUT2D eigenvalue weighted by Crippen LogP contribution is -2.34. The van der Waals surface area contributed by atoms with Gasteiger partial charge in [0.1, 0.15) is 0 Å². The average Bonchev–Trinajstić information content (AvgIpc) is 3.33. The number of carbonyl (C=O) groups excluding carboxylic acids is 3. The molecule has 0 spiro atoms. The van der Waals surface area contributed by atoms with Crippen LogP contribution in [0.2, 0.25) is 5.02 Å². The maximum Gasteiger partial charge on any atom is 0.275 e. The number of hydrogen-bond acceptors (Lipinski definition) is 4. The number of para-hydroxylation sites is 1. The Bertz CT molecular complexity index is 1190. The van der Waals surface area contributed by atoms with E-state index in [0.717, 1.165) is 37.7 Å². The molecule has 0 bridgehead atoms. The molecule has 0 atom stereocenters. The fraction of sp³-hybridized carbons (Fsp3) is 0.320. The SMILES string of the molecule is NC(=O)CNC(=O)C=C1c2ccccc2N(C(=O)c2ccc(N3CCCC3)cc2Cl)CCC1(F)F. The molecule has 2 aliphatic heterocycles. The summed E-state index contributed by atoms with van der Waals surface area (Å²) in [7, 11) is 0. The minimum absolute atomic E-state index is 0.0439. The maximum atomic E-state index is 15.2. The smallest absolute Gasteiger partial charge is 0.275 e. The number of nitrogens with two attached hydrogens (primary N) is 1. The summed E-state index contributed by atoms with van der Waals surface area (Å²) in [6, 6.07) is 11.3. The number of alkyl halides is 2. The van der Waals surface area contributed by atoms with Crippen LogP contribution in [0, 0.1) is 0 Å². The van der Waals surface area contributed by atoms with E-state index in [4.69, 9.17) is 17.3 Å². The first-order valence-electron chi connectivity index (χ1n) is 11.3. The predicted molar refractivity (Wildman–Crippen MR) is 131 cm³/mol. The second kappa shape index (κ2) is 10.0.